The van der Waals surface area contributed by atoms with Gasteiger partial charge in [0, 0.05) is 37.2 Å². The first-order valence-electron chi connectivity index (χ1n) is 11.3. The number of hydrogen-bond acceptors (Lipinski definition) is 5. The number of rotatable bonds is 7. The van der Waals surface area contributed by atoms with Crippen molar-refractivity contribution in [2.45, 2.75) is 38.1 Å². The number of thiazole rings is 1. The number of carbonyl (C=O) groups is 1. The van der Waals surface area contributed by atoms with Gasteiger partial charge in [0.1, 0.15) is 0 Å². The molecule has 10 heteroatoms. The summed E-state index contributed by atoms with van der Waals surface area (Å²) in [4.78, 5) is 18.4. The highest BCUT2D eigenvalue weighted by Crippen LogP contribution is 2.26. The quantitative estimate of drug-likeness (QED) is 0.436. The molecule has 3 aromatic rings. The van der Waals surface area contributed by atoms with Gasteiger partial charge in [0.2, 0.25) is 10.0 Å². The van der Waals surface area contributed by atoms with Crippen LogP contribution in [-0.2, 0) is 26.1 Å². The predicted octanol–water partition coefficient (Wildman–Crippen LogP) is 4.23. The van der Waals surface area contributed by atoms with Crippen molar-refractivity contribution in [2.75, 3.05) is 26.3 Å². The zero-order valence-electron chi connectivity index (χ0n) is 19.2. The van der Waals surface area contributed by atoms with Crippen molar-refractivity contribution >= 4 is 49.1 Å². The number of ether oxygens (including phenoxy) is 1. The minimum Gasteiger partial charge on any atom is -0.380 e. The molecule has 7 nitrogen and oxygen atoms in total. The lowest BCUT2D eigenvalue weighted by molar-refractivity contribution is -0.122. The van der Waals surface area contributed by atoms with Crippen molar-refractivity contribution in [1.82, 2.24) is 8.87 Å². The van der Waals surface area contributed by atoms with Crippen LogP contribution in [0.4, 0.5) is 0 Å². The lowest BCUT2D eigenvalue weighted by atomic mass is 9.98. The first-order valence-corrected chi connectivity index (χ1v) is 13.9. The molecule has 2 aromatic carbocycles. The molecule has 0 N–H and O–H groups in total. The Labute approximate surface area is 208 Å². The molecule has 1 amide bonds. The van der Waals surface area contributed by atoms with Crippen LogP contribution in [0.25, 0.3) is 10.2 Å². The minimum absolute atomic E-state index is 0.213. The van der Waals surface area contributed by atoms with E-state index < -0.39 is 10.0 Å². The highest BCUT2D eigenvalue weighted by Gasteiger charge is 2.32. The third-order valence-corrected chi connectivity index (χ3v) is 9.17. The first-order chi connectivity index (χ1) is 16.3. The van der Waals surface area contributed by atoms with E-state index in [1.165, 1.54) is 15.6 Å². The van der Waals surface area contributed by atoms with Crippen molar-refractivity contribution in [3.8, 4) is 0 Å². The van der Waals surface area contributed by atoms with Crippen LogP contribution >= 0.6 is 22.9 Å². The van der Waals surface area contributed by atoms with E-state index in [-0.39, 0.29) is 16.7 Å². The number of amides is 1. The van der Waals surface area contributed by atoms with Gasteiger partial charge >= 0.3 is 0 Å². The molecular formula is C24H28ClN3O4S2. The van der Waals surface area contributed by atoms with Crippen molar-refractivity contribution in [3.05, 3.63) is 57.9 Å². The smallest absolute Gasteiger partial charge is 0.251 e. The molecule has 0 unspecified atom stereocenters. The van der Waals surface area contributed by atoms with Gasteiger partial charge in [-0.1, -0.05) is 40.6 Å². The summed E-state index contributed by atoms with van der Waals surface area (Å²) in [6, 6.07) is 12.5. The van der Waals surface area contributed by atoms with Crippen LogP contribution in [0.2, 0.25) is 5.02 Å². The second-order valence-electron chi connectivity index (χ2n) is 8.29. The summed E-state index contributed by atoms with van der Waals surface area (Å²) >= 11 is 7.58. The maximum Gasteiger partial charge on any atom is 0.251 e. The Kier molecular flexibility index (Phi) is 7.89. The summed E-state index contributed by atoms with van der Waals surface area (Å²) in [5.41, 5.74) is 1.96. The molecule has 0 spiro atoms. The zero-order valence-corrected chi connectivity index (χ0v) is 21.6. The Morgan fingerprint density at radius 2 is 1.88 bits per heavy atom. The zero-order chi connectivity index (χ0) is 24.3. The fourth-order valence-electron chi connectivity index (χ4n) is 4.04. The standard InChI is InChI=1S/C24H28ClN3O4S2/c1-3-32-15-14-28-21-9-6-19(25)16-22(21)33-24(28)26-23(29)18-10-12-27(13-11-18)34(30,31)20-7-4-17(2)5-8-20/h4-9,16,18H,3,10-15H2,1-2H3. The molecule has 2 heterocycles. The number of halogens is 1. The van der Waals surface area contributed by atoms with Crippen LogP contribution in [0.3, 0.4) is 0 Å². The monoisotopic (exact) mass is 521 g/mol. The Morgan fingerprint density at radius 1 is 1.18 bits per heavy atom. The highest BCUT2D eigenvalue weighted by atomic mass is 35.5. The molecule has 0 saturated carbocycles. The van der Waals surface area contributed by atoms with Crippen LogP contribution in [0.1, 0.15) is 25.3 Å². The van der Waals surface area contributed by atoms with E-state index in [1.54, 1.807) is 24.3 Å². The van der Waals surface area contributed by atoms with Gasteiger partial charge in [-0.15, -0.1) is 0 Å². The Morgan fingerprint density at radius 3 is 2.56 bits per heavy atom. The van der Waals surface area contributed by atoms with Crippen LogP contribution < -0.4 is 4.80 Å². The second kappa shape index (κ2) is 10.7. The normalized spacial score (nSPS) is 16.4. The Balaban J connectivity index is 1.51. The number of aryl methyl sites for hydroxylation is 1. The molecule has 1 aliphatic heterocycles. The largest absolute Gasteiger partial charge is 0.380 e. The number of fused-ring (bicyclic) bond motifs is 1. The van der Waals surface area contributed by atoms with Gasteiger partial charge in [0.25, 0.3) is 5.91 Å². The number of piperidine rings is 1. The Hall–Kier alpha value is -2.04. The molecule has 1 fully saturated rings. The molecule has 0 atom stereocenters. The van der Waals surface area contributed by atoms with Gasteiger partial charge in [-0.3, -0.25) is 4.79 Å². The van der Waals surface area contributed by atoms with Gasteiger partial charge in [-0.2, -0.15) is 9.30 Å². The van der Waals surface area contributed by atoms with Gasteiger partial charge in [-0.05, 0) is 57.0 Å². The summed E-state index contributed by atoms with van der Waals surface area (Å²) in [5.74, 6) is -0.520. The van der Waals surface area contributed by atoms with Crippen LogP contribution in [0.5, 0.6) is 0 Å². The van der Waals surface area contributed by atoms with Crippen molar-refractivity contribution in [3.63, 3.8) is 0 Å². The van der Waals surface area contributed by atoms with Crippen molar-refractivity contribution in [2.24, 2.45) is 10.9 Å². The fraction of sp³-hybridized carbons (Fsp3) is 0.417. The molecule has 182 valence electrons. The van der Waals surface area contributed by atoms with Gasteiger partial charge in [0.05, 0.1) is 21.7 Å². The summed E-state index contributed by atoms with van der Waals surface area (Å²) in [5, 5.41) is 0.630. The van der Waals surface area contributed by atoms with Crippen molar-refractivity contribution < 1.29 is 17.9 Å². The number of benzene rings is 2. The molecule has 0 bridgehead atoms. The molecule has 1 aliphatic rings. The molecule has 1 aromatic heterocycles. The van der Waals surface area contributed by atoms with E-state index >= 15 is 0 Å². The number of carbonyl (C=O) groups excluding carboxylic acids is 1. The topological polar surface area (TPSA) is 81.0 Å². The van der Waals surface area contributed by atoms with E-state index in [0.29, 0.717) is 55.5 Å². The summed E-state index contributed by atoms with van der Waals surface area (Å²) in [7, 11) is -3.56. The number of hydrogen-bond donors (Lipinski definition) is 0. The molecular weight excluding hydrogens is 494 g/mol. The van der Waals surface area contributed by atoms with Gasteiger partial charge < -0.3 is 9.30 Å². The summed E-state index contributed by atoms with van der Waals surface area (Å²) < 4.78 is 35.8. The molecule has 1 saturated heterocycles. The maximum atomic E-state index is 13.1. The molecule has 0 aliphatic carbocycles. The van der Waals surface area contributed by atoms with E-state index in [0.717, 1.165) is 15.8 Å². The van der Waals surface area contributed by atoms with Crippen LogP contribution in [-0.4, -0.2) is 49.5 Å². The predicted molar refractivity (Wildman–Crippen MR) is 135 cm³/mol. The number of sulfonamides is 1. The molecule has 0 radical (unpaired) electrons. The summed E-state index contributed by atoms with van der Waals surface area (Å²) in [6.07, 6.45) is 0.895. The van der Waals surface area contributed by atoms with E-state index in [9.17, 15) is 13.2 Å². The second-order valence-corrected chi connectivity index (χ2v) is 11.7. The van der Waals surface area contributed by atoms with Gasteiger partial charge in [-0.25, -0.2) is 8.42 Å². The molecule has 4 rings (SSSR count). The lowest BCUT2D eigenvalue weighted by Gasteiger charge is -2.29. The fourth-order valence-corrected chi connectivity index (χ4v) is 6.84. The minimum atomic E-state index is -3.56. The molecule has 34 heavy (non-hydrogen) atoms. The SMILES string of the molecule is CCOCCn1c(=NC(=O)C2CCN(S(=O)(=O)c3ccc(C)cc3)CC2)sc2cc(Cl)ccc21. The van der Waals surface area contributed by atoms with Crippen LogP contribution in [0.15, 0.2) is 52.4 Å². The van der Waals surface area contributed by atoms with Crippen molar-refractivity contribution in [1.29, 1.82) is 0 Å². The van der Waals surface area contributed by atoms with Crippen LogP contribution in [0, 0.1) is 12.8 Å². The number of nitrogens with zero attached hydrogens (tertiary/aromatic N) is 3. The first kappa shape index (κ1) is 25.1. The van der Waals surface area contributed by atoms with E-state index in [1.807, 2.05) is 36.6 Å². The summed E-state index contributed by atoms with van der Waals surface area (Å²) in [6.45, 7) is 6.17. The average Bonchev–Trinajstić information content (AvgIpc) is 3.15. The lowest BCUT2D eigenvalue weighted by Crippen LogP contribution is -2.40. The van der Waals surface area contributed by atoms with Gasteiger partial charge in [0.15, 0.2) is 4.80 Å². The average molecular weight is 522 g/mol. The maximum absolute atomic E-state index is 13.1. The number of aromatic nitrogens is 1. The highest BCUT2D eigenvalue weighted by molar-refractivity contribution is 7.89. The van der Waals surface area contributed by atoms with E-state index in [4.69, 9.17) is 16.3 Å². The third-order valence-electron chi connectivity index (χ3n) is 5.98. The Bertz CT molecular complexity index is 1340. The third kappa shape index (κ3) is 5.44. The van der Waals surface area contributed by atoms with E-state index in [2.05, 4.69) is 4.99 Å².